The van der Waals surface area contributed by atoms with Crippen LogP contribution >= 0.6 is 23.2 Å². The zero-order valence-electron chi connectivity index (χ0n) is 16.6. The summed E-state index contributed by atoms with van der Waals surface area (Å²) in [5, 5.41) is 12.5. The van der Waals surface area contributed by atoms with Crippen LogP contribution in [0.1, 0.15) is 32.9 Å². The number of sulfone groups is 1. The van der Waals surface area contributed by atoms with E-state index >= 15 is 0 Å². The van der Waals surface area contributed by atoms with E-state index in [-0.39, 0.29) is 37.3 Å². The van der Waals surface area contributed by atoms with Crippen LogP contribution in [0.4, 0.5) is 5.69 Å². The number of aromatic carboxylic acids is 1. The molecule has 0 aliphatic carbocycles. The maximum absolute atomic E-state index is 13.1. The summed E-state index contributed by atoms with van der Waals surface area (Å²) in [6.45, 7) is 1.70. The van der Waals surface area contributed by atoms with Gasteiger partial charge in [0, 0.05) is 32.6 Å². The van der Waals surface area contributed by atoms with Crippen LogP contribution in [0.15, 0.2) is 47.4 Å². The van der Waals surface area contributed by atoms with Gasteiger partial charge in [-0.05, 0) is 49.4 Å². The van der Waals surface area contributed by atoms with Crippen molar-refractivity contribution >= 4 is 62.3 Å². The van der Waals surface area contributed by atoms with Gasteiger partial charge >= 0.3 is 5.97 Å². The number of aryl methyl sites for hydroxylation is 1. The number of hydrogen-bond acceptors (Lipinski definition) is 4. The van der Waals surface area contributed by atoms with Gasteiger partial charge in [0.15, 0.2) is 9.84 Å². The molecule has 7 nitrogen and oxygen atoms in total. The number of aromatic nitrogens is 1. The number of carbonyl (C=O) groups excluding carboxylic acids is 1. The van der Waals surface area contributed by atoms with Crippen molar-refractivity contribution in [3.8, 4) is 0 Å². The van der Waals surface area contributed by atoms with Crippen LogP contribution in [0.3, 0.4) is 0 Å². The normalized spacial score (nSPS) is 14.5. The molecule has 1 amide bonds. The van der Waals surface area contributed by atoms with Crippen LogP contribution in [0.2, 0.25) is 10.0 Å². The van der Waals surface area contributed by atoms with Crippen LogP contribution in [0.5, 0.6) is 0 Å². The molecule has 1 aliphatic rings. The Hall–Kier alpha value is -3.07. The SMILES string of the molecule is Cc1cc(C(=O)O)c(C=C2C(=O)Nc3ccc(S(=O)(=O)Cc4c(Cl)cccc4Cl)cc32)[nH]1. The predicted octanol–water partition coefficient (Wildman–Crippen LogP) is 4.79. The molecule has 0 spiro atoms. The van der Waals surface area contributed by atoms with E-state index in [0.717, 1.165) is 0 Å². The van der Waals surface area contributed by atoms with E-state index < -0.39 is 27.5 Å². The first-order chi connectivity index (χ1) is 15.1. The Morgan fingerprint density at radius 1 is 1.12 bits per heavy atom. The molecule has 2 aromatic carbocycles. The van der Waals surface area contributed by atoms with Gasteiger partial charge in [0.1, 0.15) is 0 Å². The Balaban J connectivity index is 1.77. The third-order valence-electron chi connectivity index (χ3n) is 5.03. The van der Waals surface area contributed by atoms with Gasteiger partial charge in [0.05, 0.1) is 27.5 Å². The van der Waals surface area contributed by atoms with Crippen molar-refractivity contribution < 1.29 is 23.1 Å². The monoisotopic (exact) mass is 490 g/mol. The molecule has 0 fully saturated rings. The number of rotatable bonds is 5. The molecular weight excluding hydrogens is 475 g/mol. The summed E-state index contributed by atoms with van der Waals surface area (Å²) >= 11 is 12.3. The molecule has 0 saturated heterocycles. The lowest BCUT2D eigenvalue weighted by molar-refractivity contribution is -0.110. The summed E-state index contributed by atoms with van der Waals surface area (Å²) in [5.74, 6) is -2.02. The molecule has 2 heterocycles. The van der Waals surface area contributed by atoms with Crippen molar-refractivity contribution in [2.24, 2.45) is 0 Å². The van der Waals surface area contributed by atoms with E-state index in [1.807, 2.05) is 0 Å². The molecule has 164 valence electrons. The van der Waals surface area contributed by atoms with Gasteiger partial charge in [-0.15, -0.1) is 0 Å². The summed E-state index contributed by atoms with van der Waals surface area (Å²) in [5.41, 5.74) is 2.07. The molecule has 4 rings (SSSR count). The first-order valence-electron chi connectivity index (χ1n) is 9.33. The van der Waals surface area contributed by atoms with Crippen molar-refractivity contribution in [2.45, 2.75) is 17.6 Å². The summed E-state index contributed by atoms with van der Waals surface area (Å²) in [7, 11) is -3.85. The maximum Gasteiger partial charge on any atom is 0.337 e. The lowest BCUT2D eigenvalue weighted by Crippen LogP contribution is -2.06. The van der Waals surface area contributed by atoms with Crippen LogP contribution in [-0.4, -0.2) is 30.4 Å². The summed E-state index contributed by atoms with van der Waals surface area (Å²) < 4.78 is 26.1. The number of amides is 1. The molecule has 3 N–H and O–H groups in total. The van der Waals surface area contributed by atoms with Crippen molar-refractivity contribution in [1.82, 2.24) is 4.98 Å². The van der Waals surface area contributed by atoms with Gasteiger partial charge < -0.3 is 15.4 Å². The minimum absolute atomic E-state index is 0.00777. The van der Waals surface area contributed by atoms with Gasteiger partial charge in [-0.2, -0.15) is 0 Å². The van der Waals surface area contributed by atoms with Crippen LogP contribution in [0, 0.1) is 6.92 Å². The summed E-state index contributed by atoms with van der Waals surface area (Å²) in [6, 6.07) is 10.5. The van der Waals surface area contributed by atoms with Crippen molar-refractivity contribution in [3.63, 3.8) is 0 Å². The van der Waals surface area contributed by atoms with E-state index in [1.54, 1.807) is 25.1 Å². The quantitative estimate of drug-likeness (QED) is 0.444. The fraction of sp³-hybridized carbons (Fsp3) is 0.0909. The van der Waals surface area contributed by atoms with E-state index in [0.29, 0.717) is 16.9 Å². The number of carboxylic acid groups (broad SMARTS) is 1. The molecule has 0 saturated carbocycles. The molecule has 0 radical (unpaired) electrons. The minimum Gasteiger partial charge on any atom is -0.478 e. The molecule has 0 bridgehead atoms. The van der Waals surface area contributed by atoms with Crippen molar-refractivity contribution in [1.29, 1.82) is 0 Å². The number of carbonyl (C=O) groups is 2. The van der Waals surface area contributed by atoms with Gasteiger partial charge in [0.2, 0.25) is 0 Å². The molecule has 1 aromatic heterocycles. The highest BCUT2D eigenvalue weighted by molar-refractivity contribution is 7.90. The molecule has 0 atom stereocenters. The van der Waals surface area contributed by atoms with E-state index in [9.17, 15) is 23.1 Å². The topological polar surface area (TPSA) is 116 Å². The smallest absolute Gasteiger partial charge is 0.337 e. The number of hydrogen-bond donors (Lipinski definition) is 3. The number of halogens is 2. The lowest BCUT2D eigenvalue weighted by Gasteiger charge is -2.10. The Labute approximate surface area is 193 Å². The number of H-pyrrole nitrogens is 1. The average Bonchev–Trinajstić information content (AvgIpc) is 3.24. The second kappa shape index (κ2) is 8.12. The van der Waals surface area contributed by atoms with Gasteiger partial charge in [-0.25, -0.2) is 13.2 Å². The van der Waals surface area contributed by atoms with Gasteiger partial charge in [-0.3, -0.25) is 4.79 Å². The van der Waals surface area contributed by atoms with Crippen LogP contribution < -0.4 is 5.32 Å². The number of benzene rings is 2. The Morgan fingerprint density at radius 2 is 1.81 bits per heavy atom. The number of fused-ring (bicyclic) bond motifs is 1. The highest BCUT2D eigenvalue weighted by atomic mass is 35.5. The Bertz CT molecular complexity index is 1400. The van der Waals surface area contributed by atoms with Gasteiger partial charge in [0.25, 0.3) is 5.91 Å². The number of carboxylic acids is 1. The molecule has 0 unspecified atom stereocenters. The Morgan fingerprint density at radius 3 is 2.47 bits per heavy atom. The second-order valence-corrected chi connectivity index (χ2v) is 10.1. The van der Waals surface area contributed by atoms with E-state index in [1.165, 1.54) is 30.3 Å². The number of aromatic amines is 1. The van der Waals surface area contributed by atoms with E-state index in [4.69, 9.17) is 23.2 Å². The average molecular weight is 491 g/mol. The first-order valence-corrected chi connectivity index (χ1v) is 11.7. The number of anilines is 1. The third-order valence-corrected chi connectivity index (χ3v) is 7.38. The van der Waals surface area contributed by atoms with Crippen molar-refractivity contribution in [3.05, 3.63) is 80.6 Å². The summed E-state index contributed by atoms with van der Waals surface area (Å²) in [6.07, 6.45) is 1.40. The first kappa shape index (κ1) is 22.1. The molecule has 10 heteroatoms. The Kier molecular flexibility index (Phi) is 5.62. The maximum atomic E-state index is 13.1. The zero-order chi connectivity index (χ0) is 23.2. The van der Waals surface area contributed by atoms with E-state index in [2.05, 4.69) is 10.3 Å². The van der Waals surface area contributed by atoms with Crippen LogP contribution in [-0.2, 0) is 20.4 Å². The molecular formula is C22H16Cl2N2O5S. The molecule has 1 aliphatic heterocycles. The van der Waals surface area contributed by atoms with Crippen molar-refractivity contribution in [2.75, 3.05) is 5.32 Å². The number of nitrogens with one attached hydrogen (secondary N) is 2. The summed E-state index contributed by atoms with van der Waals surface area (Å²) in [4.78, 5) is 26.9. The predicted molar refractivity (Wildman–Crippen MR) is 123 cm³/mol. The fourth-order valence-electron chi connectivity index (χ4n) is 3.49. The zero-order valence-corrected chi connectivity index (χ0v) is 18.9. The highest BCUT2D eigenvalue weighted by Gasteiger charge is 2.28. The third kappa shape index (κ3) is 4.04. The largest absolute Gasteiger partial charge is 0.478 e. The molecule has 32 heavy (non-hydrogen) atoms. The standard InChI is InChI=1S/C22H16Cl2N2O5S/c1-11-7-15(22(28)29)20(25-11)9-14-13-8-12(5-6-19(13)26-21(14)27)32(30,31)10-16-17(23)3-2-4-18(16)24/h2-9,25H,10H2,1H3,(H,26,27)(H,28,29). The second-order valence-electron chi connectivity index (χ2n) is 7.26. The highest BCUT2D eigenvalue weighted by Crippen LogP contribution is 2.36. The molecule has 3 aromatic rings. The fourth-order valence-corrected chi connectivity index (χ4v) is 5.61. The van der Waals surface area contributed by atoms with Crippen LogP contribution in [0.25, 0.3) is 11.6 Å². The van der Waals surface area contributed by atoms with Gasteiger partial charge in [-0.1, -0.05) is 29.3 Å². The lowest BCUT2D eigenvalue weighted by atomic mass is 10.0. The minimum atomic E-state index is -3.85.